The Morgan fingerprint density at radius 1 is 1.17 bits per heavy atom. The molecule has 1 rings (SSSR count). The first kappa shape index (κ1) is 14.5. The molecule has 18 heavy (non-hydrogen) atoms. The second-order valence-corrected chi connectivity index (χ2v) is 4.47. The van der Waals surface area contributed by atoms with Crippen LogP contribution in [0.25, 0.3) is 0 Å². The molecule has 0 aliphatic rings. The number of likely N-dealkylation sites (N-methyl/N-ethyl adjacent to an activating group) is 1. The first-order valence-electron chi connectivity index (χ1n) is 5.94. The van der Waals surface area contributed by atoms with E-state index in [1.807, 2.05) is 37.2 Å². The van der Waals surface area contributed by atoms with Gasteiger partial charge >= 0.3 is 0 Å². The molecule has 0 aromatic heterocycles. The fourth-order valence-corrected chi connectivity index (χ4v) is 1.75. The van der Waals surface area contributed by atoms with Gasteiger partial charge in [0.05, 0.1) is 20.8 Å². The summed E-state index contributed by atoms with van der Waals surface area (Å²) < 4.78 is 10.4. The van der Waals surface area contributed by atoms with E-state index in [9.17, 15) is 4.79 Å². The lowest BCUT2D eigenvalue weighted by molar-refractivity contribution is -0.119. The van der Waals surface area contributed by atoms with Crippen molar-refractivity contribution < 1.29 is 14.3 Å². The summed E-state index contributed by atoms with van der Waals surface area (Å²) in [4.78, 5) is 13.5. The molecule has 0 aliphatic heterocycles. The minimum atomic E-state index is 0.245. The zero-order valence-corrected chi connectivity index (χ0v) is 11.5. The maximum absolute atomic E-state index is 11.6. The number of nitrogens with zero attached hydrogens (tertiary/aromatic N) is 1. The summed E-state index contributed by atoms with van der Waals surface area (Å²) in [6.45, 7) is 0.493. The van der Waals surface area contributed by atoms with Crippen molar-refractivity contribution in [3.05, 3.63) is 23.8 Å². The molecule has 0 unspecified atom stereocenters. The van der Waals surface area contributed by atoms with Gasteiger partial charge in [0.15, 0.2) is 11.5 Å². The Morgan fingerprint density at radius 2 is 1.83 bits per heavy atom. The number of carbonyl (C=O) groups excluding carboxylic acids is 1. The van der Waals surface area contributed by atoms with Gasteiger partial charge in [-0.3, -0.25) is 4.79 Å². The second-order valence-electron chi connectivity index (χ2n) is 4.47. The first-order chi connectivity index (χ1) is 8.56. The highest BCUT2D eigenvalue weighted by molar-refractivity contribution is 5.80. The van der Waals surface area contributed by atoms with Gasteiger partial charge in [-0.05, 0) is 38.2 Å². The molecule has 0 amide bonds. The molecular weight excluding hydrogens is 230 g/mol. The van der Waals surface area contributed by atoms with Crippen LogP contribution < -0.4 is 9.47 Å². The summed E-state index contributed by atoms with van der Waals surface area (Å²) in [6, 6.07) is 5.75. The number of ether oxygens (including phenoxy) is 2. The Morgan fingerprint density at radius 3 is 2.39 bits per heavy atom. The van der Waals surface area contributed by atoms with Crippen LogP contribution in [-0.2, 0) is 11.2 Å². The zero-order valence-electron chi connectivity index (χ0n) is 11.5. The Hall–Kier alpha value is -1.55. The van der Waals surface area contributed by atoms with E-state index in [1.165, 1.54) is 0 Å². The van der Waals surface area contributed by atoms with Gasteiger partial charge in [-0.25, -0.2) is 0 Å². The molecule has 4 heteroatoms. The van der Waals surface area contributed by atoms with Crippen molar-refractivity contribution >= 4 is 5.78 Å². The number of benzene rings is 1. The van der Waals surface area contributed by atoms with Crippen molar-refractivity contribution in [3.8, 4) is 11.5 Å². The lowest BCUT2D eigenvalue weighted by Gasteiger charge is -2.10. The van der Waals surface area contributed by atoms with Crippen LogP contribution in [0.15, 0.2) is 18.2 Å². The maximum Gasteiger partial charge on any atom is 0.160 e. The summed E-state index contributed by atoms with van der Waals surface area (Å²) in [5, 5.41) is 0. The average molecular weight is 251 g/mol. The van der Waals surface area contributed by atoms with Crippen LogP contribution in [0.1, 0.15) is 12.0 Å². The average Bonchev–Trinajstić information content (AvgIpc) is 2.35. The van der Waals surface area contributed by atoms with E-state index in [0.29, 0.717) is 24.5 Å². The molecule has 0 saturated heterocycles. The summed E-state index contributed by atoms with van der Waals surface area (Å²) in [5.41, 5.74) is 1.08. The molecule has 0 N–H and O–H groups in total. The topological polar surface area (TPSA) is 38.8 Å². The number of rotatable bonds is 7. The zero-order chi connectivity index (χ0) is 13.5. The van der Waals surface area contributed by atoms with Gasteiger partial charge in [-0.15, -0.1) is 0 Å². The van der Waals surface area contributed by atoms with Gasteiger partial charge in [-0.2, -0.15) is 0 Å². The molecule has 0 spiro atoms. The van der Waals surface area contributed by atoms with Gasteiger partial charge in [0.25, 0.3) is 0 Å². The molecule has 1 aromatic rings. The van der Waals surface area contributed by atoms with Gasteiger partial charge in [-0.1, -0.05) is 6.07 Å². The number of hydrogen-bond donors (Lipinski definition) is 0. The Balaban J connectivity index is 2.60. The normalized spacial score (nSPS) is 10.5. The molecule has 100 valence electrons. The summed E-state index contributed by atoms with van der Waals surface area (Å²) in [6.07, 6.45) is 1.28. The highest BCUT2D eigenvalue weighted by Gasteiger charge is 2.07. The van der Waals surface area contributed by atoms with E-state index >= 15 is 0 Å². The summed E-state index contributed by atoms with van der Waals surface area (Å²) in [7, 11) is 7.01. The number of hydrogen-bond acceptors (Lipinski definition) is 4. The van der Waals surface area contributed by atoms with E-state index in [-0.39, 0.29) is 5.78 Å². The predicted octanol–water partition coefficient (Wildman–Crippen LogP) is 1.77. The Bertz CT molecular complexity index is 402. The van der Waals surface area contributed by atoms with E-state index in [1.54, 1.807) is 14.2 Å². The predicted molar refractivity (Wildman–Crippen MR) is 71.4 cm³/mol. The van der Waals surface area contributed by atoms with E-state index < -0.39 is 0 Å². The molecule has 0 aliphatic carbocycles. The monoisotopic (exact) mass is 251 g/mol. The molecule has 0 fully saturated rings. The van der Waals surface area contributed by atoms with Crippen LogP contribution in [0.3, 0.4) is 0 Å². The molecule has 4 nitrogen and oxygen atoms in total. The lowest BCUT2D eigenvalue weighted by atomic mass is 10.1. The van der Waals surface area contributed by atoms with Crippen molar-refractivity contribution in [1.82, 2.24) is 4.90 Å². The molecule has 0 radical (unpaired) electrons. The largest absolute Gasteiger partial charge is 0.493 e. The molecule has 0 heterocycles. The van der Waals surface area contributed by atoms with E-state index in [4.69, 9.17) is 9.47 Å². The minimum absolute atomic E-state index is 0.245. The lowest BCUT2D eigenvalue weighted by Crippen LogP contribution is -2.21. The summed E-state index contributed by atoms with van der Waals surface area (Å²) >= 11 is 0. The minimum Gasteiger partial charge on any atom is -0.493 e. The molecule has 0 saturated carbocycles. The quantitative estimate of drug-likeness (QED) is 0.740. The Labute approximate surface area is 108 Å². The van der Waals surface area contributed by atoms with Crippen molar-refractivity contribution in [2.75, 3.05) is 34.9 Å². The van der Waals surface area contributed by atoms with Crippen molar-refractivity contribution in [1.29, 1.82) is 0 Å². The number of carbonyl (C=O) groups is 1. The van der Waals surface area contributed by atoms with Crippen LogP contribution in [0.5, 0.6) is 11.5 Å². The molecule has 1 aromatic carbocycles. The van der Waals surface area contributed by atoms with Crippen molar-refractivity contribution in [2.45, 2.75) is 12.8 Å². The van der Waals surface area contributed by atoms with Crippen LogP contribution >= 0.6 is 0 Å². The first-order valence-corrected chi connectivity index (χ1v) is 5.94. The summed E-state index contributed by atoms with van der Waals surface area (Å²) in [5.74, 6) is 1.66. The third kappa shape index (κ3) is 4.37. The standard InChI is InChI=1S/C14H21NO3/c1-15(2)10-12(16)7-5-11-6-8-13(17-3)14(9-11)18-4/h6,8-9H,5,7,10H2,1-4H3. The smallest absolute Gasteiger partial charge is 0.160 e. The highest BCUT2D eigenvalue weighted by Crippen LogP contribution is 2.27. The molecule has 0 bridgehead atoms. The van der Waals surface area contributed by atoms with Crippen LogP contribution in [-0.4, -0.2) is 45.5 Å². The van der Waals surface area contributed by atoms with Gasteiger partial charge < -0.3 is 14.4 Å². The highest BCUT2D eigenvalue weighted by atomic mass is 16.5. The van der Waals surface area contributed by atoms with Crippen LogP contribution in [0.2, 0.25) is 0 Å². The van der Waals surface area contributed by atoms with Crippen LogP contribution in [0, 0.1) is 0 Å². The number of methoxy groups -OCH3 is 2. The maximum atomic E-state index is 11.6. The van der Waals surface area contributed by atoms with Crippen molar-refractivity contribution in [3.63, 3.8) is 0 Å². The van der Waals surface area contributed by atoms with Gasteiger partial charge in [0.2, 0.25) is 0 Å². The molecule has 0 atom stereocenters. The molecular formula is C14H21NO3. The SMILES string of the molecule is COc1ccc(CCC(=O)CN(C)C)cc1OC. The fraction of sp³-hybridized carbons (Fsp3) is 0.500. The van der Waals surface area contributed by atoms with Gasteiger partial charge in [0.1, 0.15) is 5.78 Å². The van der Waals surface area contributed by atoms with E-state index in [0.717, 1.165) is 12.0 Å². The number of ketones is 1. The third-order valence-corrected chi connectivity index (χ3v) is 2.63. The second kappa shape index (κ2) is 7.01. The van der Waals surface area contributed by atoms with Crippen molar-refractivity contribution in [2.24, 2.45) is 0 Å². The Kier molecular flexibility index (Phi) is 5.65. The van der Waals surface area contributed by atoms with Gasteiger partial charge in [0, 0.05) is 6.42 Å². The number of aryl methyl sites for hydroxylation is 1. The fourth-order valence-electron chi connectivity index (χ4n) is 1.75. The van der Waals surface area contributed by atoms with E-state index in [2.05, 4.69) is 0 Å². The third-order valence-electron chi connectivity index (χ3n) is 2.63. The number of Topliss-reactive ketones (excluding diaryl/α,β-unsaturated/α-hetero) is 1. The van der Waals surface area contributed by atoms with Crippen LogP contribution in [0.4, 0.5) is 0 Å².